The zero-order valence-corrected chi connectivity index (χ0v) is 11.8. The summed E-state index contributed by atoms with van der Waals surface area (Å²) in [6.45, 7) is 7.25. The van der Waals surface area contributed by atoms with Crippen molar-refractivity contribution in [3.05, 3.63) is 35.4 Å². The number of piperidine rings is 1. The molecule has 0 aliphatic carbocycles. The van der Waals surface area contributed by atoms with E-state index in [0.717, 1.165) is 0 Å². The lowest BCUT2D eigenvalue weighted by Gasteiger charge is -2.30. The van der Waals surface area contributed by atoms with Crippen LogP contribution in [0, 0.1) is 5.92 Å². The molecule has 3 nitrogen and oxygen atoms in total. The topological polar surface area (TPSA) is 37.4 Å². The number of likely N-dealkylation sites (tertiary alicyclic amines) is 1. The number of hydrogen-bond donors (Lipinski definition) is 0. The molecule has 3 heteroatoms. The Balaban J connectivity index is 2.09. The zero-order chi connectivity index (χ0) is 14.0. The number of hydrogen-bond acceptors (Lipinski definition) is 2. The Hall–Kier alpha value is -1.64. The second-order valence-corrected chi connectivity index (χ2v) is 5.65. The van der Waals surface area contributed by atoms with E-state index in [9.17, 15) is 9.59 Å². The van der Waals surface area contributed by atoms with Gasteiger partial charge in [0.15, 0.2) is 0 Å². The number of amides is 1. The summed E-state index contributed by atoms with van der Waals surface area (Å²) in [5.74, 6) is 0.735. The van der Waals surface area contributed by atoms with Crippen molar-refractivity contribution in [2.75, 3.05) is 13.1 Å². The maximum Gasteiger partial charge on any atom is 0.253 e. The van der Waals surface area contributed by atoms with Crippen LogP contribution < -0.4 is 0 Å². The maximum atomic E-state index is 12.3. The van der Waals surface area contributed by atoms with Gasteiger partial charge in [0.05, 0.1) is 0 Å². The van der Waals surface area contributed by atoms with Crippen LogP contribution in [0.3, 0.4) is 0 Å². The SMILES string of the molecule is CC1CN(C(=O)c2ccc(C(C)C)cc2)CCC1=O. The highest BCUT2D eigenvalue weighted by molar-refractivity contribution is 5.95. The van der Waals surface area contributed by atoms with Crippen molar-refractivity contribution in [2.45, 2.75) is 33.1 Å². The molecule has 1 aliphatic heterocycles. The van der Waals surface area contributed by atoms with Crippen LogP contribution in [-0.2, 0) is 4.79 Å². The highest BCUT2D eigenvalue weighted by Gasteiger charge is 2.27. The lowest BCUT2D eigenvalue weighted by Crippen LogP contribution is -2.43. The molecule has 19 heavy (non-hydrogen) atoms. The van der Waals surface area contributed by atoms with Crippen molar-refractivity contribution >= 4 is 11.7 Å². The van der Waals surface area contributed by atoms with Gasteiger partial charge in [-0.1, -0.05) is 32.9 Å². The van der Waals surface area contributed by atoms with E-state index < -0.39 is 0 Å². The summed E-state index contributed by atoms with van der Waals surface area (Å²) in [6.07, 6.45) is 0.483. The molecule has 0 N–H and O–H groups in total. The summed E-state index contributed by atoms with van der Waals surface area (Å²) in [7, 11) is 0. The van der Waals surface area contributed by atoms with E-state index in [1.807, 2.05) is 31.2 Å². The van der Waals surface area contributed by atoms with Gasteiger partial charge in [0.2, 0.25) is 0 Å². The van der Waals surface area contributed by atoms with Crippen LogP contribution in [0.5, 0.6) is 0 Å². The van der Waals surface area contributed by atoms with Crippen molar-refractivity contribution in [1.82, 2.24) is 4.90 Å². The fraction of sp³-hybridized carbons (Fsp3) is 0.500. The van der Waals surface area contributed by atoms with E-state index in [-0.39, 0.29) is 17.6 Å². The fourth-order valence-corrected chi connectivity index (χ4v) is 2.39. The van der Waals surface area contributed by atoms with Crippen LogP contribution in [0.2, 0.25) is 0 Å². The third-order valence-corrected chi connectivity index (χ3v) is 3.78. The van der Waals surface area contributed by atoms with E-state index in [2.05, 4.69) is 13.8 Å². The third-order valence-electron chi connectivity index (χ3n) is 3.78. The molecular formula is C16H21NO2. The number of nitrogens with zero attached hydrogens (tertiary/aromatic N) is 1. The minimum absolute atomic E-state index is 0.0346. The van der Waals surface area contributed by atoms with Gasteiger partial charge in [-0.15, -0.1) is 0 Å². The lowest BCUT2D eigenvalue weighted by molar-refractivity contribution is -0.124. The molecule has 0 radical (unpaired) electrons. The molecule has 1 aromatic carbocycles. The molecule has 0 aromatic heterocycles. The van der Waals surface area contributed by atoms with Gasteiger partial charge in [0.1, 0.15) is 5.78 Å². The van der Waals surface area contributed by atoms with Gasteiger partial charge in [-0.25, -0.2) is 0 Å². The van der Waals surface area contributed by atoms with Crippen LogP contribution in [0.15, 0.2) is 24.3 Å². The number of ketones is 1. The first kappa shape index (κ1) is 13.8. The summed E-state index contributed by atoms with van der Waals surface area (Å²) in [6, 6.07) is 7.80. The average Bonchev–Trinajstić information content (AvgIpc) is 2.41. The average molecular weight is 259 g/mol. The number of carbonyl (C=O) groups excluding carboxylic acids is 2. The van der Waals surface area contributed by atoms with Gasteiger partial charge in [0, 0.05) is 31.0 Å². The Bertz CT molecular complexity index is 476. The first-order chi connectivity index (χ1) is 8.99. The second-order valence-electron chi connectivity index (χ2n) is 5.65. The number of rotatable bonds is 2. The van der Waals surface area contributed by atoms with E-state index in [1.54, 1.807) is 4.90 Å². The molecule has 102 valence electrons. The van der Waals surface area contributed by atoms with Gasteiger partial charge < -0.3 is 4.90 Å². The molecule has 0 spiro atoms. The minimum Gasteiger partial charge on any atom is -0.337 e. The minimum atomic E-state index is -0.0346. The molecule has 1 atom stereocenters. The Morgan fingerprint density at radius 3 is 2.42 bits per heavy atom. The Labute approximate surface area is 114 Å². The quantitative estimate of drug-likeness (QED) is 0.819. The molecule has 1 saturated heterocycles. The molecule has 1 unspecified atom stereocenters. The normalized spacial score (nSPS) is 19.9. The van der Waals surface area contributed by atoms with Crippen LogP contribution in [0.4, 0.5) is 0 Å². The summed E-state index contributed by atoms with van der Waals surface area (Å²) >= 11 is 0. The van der Waals surface area contributed by atoms with Crippen molar-refractivity contribution in [1.29, 1.82) is 0 Å². The van der Waals surface area contributed by atoms with E-state index >= 15 is 0 Å². The van der Waals surface area contributed by atoms with Gasteiger partial charge >= 0.3 is 0 Å². The van der Waals surface area contributed by atoms with Crippen molar-refractivity contribution < 1.29 is 9.59 Å². The summed E-state index contributed by atoms with van der Waals surface area (Å²) < 4.78 is 0. The molecule has 0 bridgehead atoms. The van der Waals surface area contributed by atoms with Crippen molar-refractivity contribution in [2.24, 2.45) is 5.92 Å². The highest BCUT2D eigenvalue weighted by Crippen LogP contribution is 2.18. The molecule has 2 rings (SSSR count). The standard InChI is InChI=1S/C16H21NO2/c1-11(2)13-4-6-14(7-5-13)16(19)17-9-8-15(18)12(3)10-17/h4-7,11-12H,8-10H2,1-3H3. The monoisotopic (exact) mass is 259 g/mol. The molecule has 1 heterocycles. The van der Waals surface area contributed by atoms with Crippen molar-refractivity contribution in [3.8, 4) is 0 Å². The molecule has 1 aliphatic rings. The molecule has 1 aromatic rings. The number of benzene rings is 1. The van der Waals surface area contributed by atoms with Gasteiger partial charge in [-0.05, 0) is 23.6 Å². The smallest absolute Gasteiger partial charge is 0.253 e. The summed E-state index contributed by atoms with van der Waals surface area (Å²) in [5.41, 5.74) is 1.95. The van der Waals surface area contributed by atoms with Crippen LogP contribution in [0.25, 0.3) is 0 Å². The first-order valence-electron chi connectivity index (χ1n) is 6.91. The number of carbonyl (C=O) groups is 2. The Kier molecular flexibility index (Phi) is 4.03. The Morgan fingerprint density at radius 2 is 1.89 bits per heavy atom. The largest absolute Gasteiger partial charge is 0.337 e. The highest BCUT2D eigenvalue weighted by atomic mass is 16.2. The molecule has 1 fully saturated rings. The molecular weight excluding hydrogens is 238 g/mol. The zero-order valence-electron chi connectivity index (χ0n) is 11.8. The summed E-state index contributed by atoms with van der Waals surface area (Å²) in [4.78, 5) is 25.6. The predicted molar refractivity (Wildman–Crippen MR) is 75.2 cm³/mol. The number of Topliss-reactive ketones (excluding diaryl/α,β-unsaturated/α-hetero) is 1. The second kappa shape index (κ2) is 5.55. The van der Waals surface area contributed by atoms with Gasteiger partial charge in [-0.3, -0.25) is 9.59 Å². The van der Waals surface area contributed by atoms with Gasteiger partial charge in [-0.2, -0.15) is 0 Å². The maximum absolute atomic E-state index is 12.3. The molecule has 0 saturated carbocycles. The molecule has 1 amide bonds. The fourth-order valence-electron chi connectivity index (χ4n) is 2.39. The third kappa shape index (κ3) is 3.03. The lowest BCUT2D eigenvalue weighted by atomic mass is 9.97. The summed E-state index contributed by atoms with van der Waals surface area (Å²) in [5, 5.41) is 0. The van der Waals surface area contributed by atoms with Gasteiger partial charge in [0.25, 0.3) is 5.91 Å². The predicted octanol–water partition coefficient (Wildman–Crippen LogP) is 2.86. The van der Waals surface area contributed by atoms with E-state index in [0.29, 0.717) is 31.0 Å². The van der Waals surface area contributed by atoms with Crippen LogP contribution in [0.1, 0.15) is 49.0 Å². The van der Waals surface area contributed by atoms with E-state index in [1.165, 1.54) is 5.56 Å². The first-order valence-corrected chi connectivity index (χ1v) is 6.91. The van der Waals surface area contributed by atoms with E-state index in [4.69, 9.17) is 0 Å². The van der Waals surface area contributed by atoms with Crippen molar-refractivity contribution in [3.63, 3.8) is 0 Å². The van der Waals surface area contributed by atoms with Crippen LogP contribution in [-0.4, -0.2) is 29.7 Å². The van der Waals surface area contributed by atoms with Crippen LogP contribution >= 0.6 is 0 Å². The Morgan fingerprint density at radius 1 is 1.26 bits per heavy atom.